The fraction of sp³-hybridized carbons (Fsp3) is 0.200. The number of methoxy groups -OCH3 is 1. The number of benzene rings is 3. The van der Waals surface area contributed by atoms with Gasteiger partial charge in [0.25, 0.3) is 5.91 Å². The summed E-state index contributed by atoms with van der Waals surface area (Å²) in [6, 6.07) is 30.4. The van der Waals surface area contributed by atoms with Crippen molar-refractivity contribution in [2.24, 2.45) is 0 Å². The van der Waals surface area contributed by atoms with E-state index in [0.717, 1.165) is 16.7 Å². The van der Waals surface area contributed by atoms with Gasteiger partial charge in [0, 0.05) is 12.2 Å². The molecule has 1 saturated heterocycles. The van der Waals surface area contributed by atoms with Crippen LogP contribution in [0.1, 0.15) is 39.1 Å². The first kappa shape index (κ1) is 30.0. The third kappa shape index (κ3) is 6.41. The molecule has 9 nitrogen and oxygen atoms in total. The highest BCUT2D eigenvalue weighted by Crippen LogP contribution is 2.42. The number of nitrogens with zero attached hydrogens (tertiary/aromatic N) is 1. The van der Waals surface area contributed by atoms with Gasteiger partial charge < -0.3 is 19.2 Å². The first-order chi connectivity index (χ1) is 21.9. The summed E-state index contributed by atoms with van der Waals surface area (Å²) < 4.78 is 16.6. The summed E-state index contributed by atoms with van der Waals surface area (Å²) in [5.41, 5.74) is 3.10. The Morgan fingerprint density at radius 3 is 2.13 bits per heavy atom. The number of esters is 2. The van der Waals surface area contributed by atoms with Crippen LogP contribution in [0.5, 0.6) is 0 Å². The minimum absolute atomic E-state index is 0.0352. The molecule has 6 rings (SSSR count). The maximum absolute atomic E-state index is 14.1. The van der Waals surface area contributed by atoms with E-state index in [1.165, 1.54) is 29.8 Å². The van der Waals surface area contributed by atoms with Crippen molar-refractivity contribution in [1.82, 2.24) is 10.2 Å². The molecular formula is C35H30N2O7S. The average molecular weight is 623 g/mol. The van der Waals surface area contributed by atoms with Crippen LogP contribution in [0.4, 0.5) is 0 Å². The van der Waals surface area contributed by atoms with Crippen LogP contribution < -0.4 is 5.32 Å². The summed E-state index contributed by atoms with van der Waals surface area (Å²) in [5, 5.41) is 2.37. The molecule has 2 amide bonds. The number of carbonyl (C=O) groups is 4. The number of amides is 2. The second kappa shape index (κ2) is 13.3. The van der Waals surface area contributed by atoms with Crippen molar-refractivity contribution in [3.05, 3.63) is 143 Å². The molecule has 10 heteroatoms. The maximum atomic E-state index is 14.1. The summed E-state index contributed by atoms with van der Waals surface area (Å²) in [5.74, 6) is -1.13. The van der Waals surface area contributed by atoms with Gasteiger partial charge in [-0.15, -0.1) is 11.8 Å². The van der Waals surface area contributed by atoms with Crippen LogP contribution in [0.2, 0.25) is 0 Å². The van der Waals surface area contributed by atoms with Crippen LogP contribution in [0.3, 0.4) is 0 Å². The van der Waals surface area contributed by atoms with Gasteiger partial charge in [0.1, 0.15) is 22.9 Å². The van der Waals surface area contributed by atoms with Crippen molar-refractivity contribution in [1.29, 1.82) is 0 Å². The fourth-order valence-electron chi connectivity index (χ4n) is 5.45. The zero-order chi connectivity index (χ0) is 31.3. The summed E-state index contributed by atoms with van der Waals surface area (Å²) in [4.78, 5) is 54.0. The minimum Gasteiger partial charge on any atom is -0.463 e. The number of hydrogen-bond donors (Lipinski definition) is 1. The zero-order valence-electron chi connectivity index (χ0n) is 24.4. The Bertz CT molecular complexity index is 1700. The lowest BCUT2D eigenvalue weighted by Gasteiger charge is -2.49. The molecular weight excluding hydrogens is 592 g/mol. The number of carbonyl (C=O) groups excluding carboxylic acids is 4. The van der Waals surface area contributed by atoms with Crippen LogP contribution >= 0.6 is 11.8 Å². The molecule has 0 bridgehead atoms. The Morgan fingerprint density at radius 1 is 0.889 bits per heavy atom. The van der Waals surface area contributed by atoms with E-state index in [0.29, 0.717) is 17.1 Å². The Labute approximate surface area is 264 Å². The molecule has 0 radical (unpaired) electrons. The monoisotopic (exact) mass is 622 g/mol. The topological polar surface area (TPSA) is 115 Å². The first-order valence-corrected chi connectivity index (χ1v) is 15.5. The van der Waals surface area contributed by atoms with Crippen molar-refractivity contribution in [3.8, 4) is 0 Å². The molecule has 0 saturated carbocycles. The van der Waals surface area contributed by atoms with Crippen molar-refractivity contribution in [2.75, 3.05) is 12.9 Å². The summed E-state index contributed by atoms with van der Waals surface area (Å²) >= 11 is 1.44. The van der Waals surface area contributed by atoms with Crippen molar-refractivity contribution in [3.63, 3.8) is 0 Å². The number of hydrogen-bond acceptors (Lipinski definition) is 8. The molecule has 0 unspecified atom stereocenters. The van der Waals surface area contributed by atoms with E-state index >= 15 is 0 Å². The SMILES string of the molecule is COC(=O)c1ccc(CC2=C(C(=O)OC(c3ccccc3)c3ccccc3)N3C(=O)[C@@H](NC(=O)Cc4ccccc4)[C@@H]3SC2)o1. The Kier molecular flexibility index (Phi) is 8.84. The number of furan rings is 1. The van der Waals surface area contributed by atoms with E-state index < -0.39 is 35.4 Å². The van der Waals surface area contributed by atoms with Crippen LogP contribution in [0, 0.1) is 0 Å². The third-order valence-corrected chi connectivity index (χ3v) is 8.97. The molecule has 228 valence electrons. The van der Waals surface area contributed by atoms with Gasteiger partial charge in [-0.1, -0.05) is 91.0 Å². The van der Waals surface area contributed by atoms with E-state index in [4.69, 9.17) is 13.9 Å². The molecule has 45 heavy (non-hydrogen) atoms. The van der Waals surface area contributed by atoms with Crippen LogP contribution in [0.25, 0.3) is 0 Å². The Balaban J connectivity index is 1.29. The highest BCUT2D eigenvalue weighted by molar-refractivity contribution is 8.00. The lowest BCUT2D eigenvalue weighted by atomic mass is 9.99. The molecule has 3 aromatic carbocycles. The largest absolute Gasteiger partial charge is 0.463 e. The van der Waals surface area contributed by atoms with Crippen LogP contribution in [-0.2, 0) is 36.7 Å². The minimum atomic E-state index is -0.788. The molecule has 4 aromatic rings. The predicted octanol–water partition coefficient (Wildman–Crippen LogP) is 4.84. The second-order valence-corrected chi connectivity index (χ2v) is 11.7. The van der Waals surface area contributed by atoms with Gasteiger partial charge in [0.05, 0.1) is 13.5 Å². The van der Waals surface area contributed by atoms with E-state index in [9.17, 15) is 19.2 Å². The van der Waals surface area contributed by atoms with Gasteiger partial charge in [-0.2, -0.15) is 0 Å². The number of nitrogens with one attached hydrogen (secondary N) is 1. The van der Waals surface area contributed by atoms with Gasteiger partial charge in [-0.3, -0.25) is 14.5 Å². The smallest absolute Gasteiger partial charge is 0.373 e. The van der Waals surface area contributed by atoms with Gasteiger partial charge in [0.2, 0.25) is 11.7 Å². The molecule has 2 aliphatic rings. The van der Waals surface area contributed by atoms with E-state index in [1.807, 2.05) is 91.0 Å². The molecule has 2 atom stereocenters. The first-order valence-electron chi connectivity index (χ1n) is 14.4. The number of rotatable bonds is 10. The average Bonchev–Trinajstić information content (AvgIpc) is 3.55. The van der Waals surface area contributed by atoms with Crippen molar-refractivity contribution >= 4 is 35.5 Å². The Morgan fingerprint density at radius 2 is 1.51 bits per heavy atom. The van der Waals surface area contributed by atoms with Crippen molar-refractivity contribution < 1.29 is 33.1 Å². The third-order valence-electron chi connectivity index (χ3n) is 7.63. The molecule has 0 spiro atoms. The quantitative estimate of drug-likeness (QED) is 0.198. The van der Waals surface area contributed by atoms with Gasteiger partial charge in [-0.25, -0.2) is 9.59 Å². The number of fused-ring (bicyclic) bond motifs is 1. The predicted molar refractivity (Wildman–Crippen MR) is 167 cm³/mol. The molecule has 1 N–H and O–H groups in total. The highest BCUT2D eigenvalue weighted by atomic mass is 32.2. The summed E-state index contributed by atoms with van der Waals surface area (Å²) in [7, 11) is 1.26. The second-order valence-electron chi connectivity index (χ2n) is 10.6. The standard InChI is InChI=1S/C35H30N2O7S/c1-42-34(40)27-18-17-26(43-27)20-25-21-45-33-29(36-28(38)19-22-11-5-2-6-12-22)32(39)37(33)30(25)35(41)44-31(23-13-7-3-8-14-23)24-15-9-4-10-16-24/h2-18,29,31,33H,19-21H2,1H3,(H,36,38)/t29-,33+/m1/s1. The molecule has 0 aliphatic carbocycles. The summed E-state index contributed by atoms with van der Waals surface area (Å²) in [6.07, 6.45) is -0.430. The molecule has 1 aromatic heterocycles. The molecule has 2 aliphatic heterocycles. The molecule has 1 fully saturated rings. The lowest BCUT2D eigenvalue weighted by molar-refractivity contribution is -0.154. The maximum Gasteiger partial charge on any atom is 0.373 e. The normalized spacial score (nSPS) is 17.4. The zero-order valence-corrected chi connectivity index (χ0v) is 25.2. The van der Waals surface area contributed by atoms with Gasteiger partial charge >= 0.3 is 11.9 Å². The number of ether oxygens (including phenoxy) is 2. The van der Waals surface area contributed by atoms with Crippen LogP contribution in [0.15, 0.2) is 119 Å². The highest BCUT2D eigenvalue weighted by Gasteiger charge is 2.54. The fourth-order valence-corrected chi connectivity index (χ4v) is 6.80. The van der Waals surface area contributed by atoms with E-state index in [2.05, 4.69) is 5.32 Å². The van der Waals surface area contributed by atoms with Crippen LogP contribution in [-0.4, -0.2) is 52.9 Å². The summed E-state index contributed by atoms with van der Waals surface area (Å²) in [6.45, 7) is 0. The number of thioether (sulfide) groups is 1. The van der Waals surface area contributed by atoms with E-state index in [-0.39, 0.29) is 30.2 Å². The Hall–Kier alpha value is -5.09. The van der Waals surface area contributed by atoms with Gasteiger partial charge in [0.15, 0.2) is 6.10 Å². The van der Waals surface area contributed by atoms with Gasteiger partial charge in [-0.05, 0) is 34.4 Å². The van der Waals surface area contributed by atoms with Crippen molar-refractivity contribution in [2.45, 2.75) is 30.4 Å². The molecule has 3 heterocycles. The van der Waals surface area contributed by atoms with E-state index in [1.54, 1.807) is 6.07 Å². The number of β-lactam (4-membered cyclic amide) rings is 1. The lowest BCUT2D eigenvalue weighted by Crippen LogP contribution is -2.70.